The minimum Gasteiger partial charge on any atom is -0.507 e. The molecule has 1 aliphatic heterocycles. The van der Waals surface area contributed by atoms with Crippen molar-refractivity contribution >= 4 is 17.4 Å². The topological polar surface area (TPSA) is 70.1 Å². The number of carbonyl (C=O) groups excluding carboxylic acids is 2. The SMILES string of the molecule is CCCCOc1ccc(C2/C(=C(\O)c3ccc(C)cc3)C(=O)C(=O)N2CCCN(CC)CC)cc1. The molecule has 1 unspecified atom stereocenters. The highest BCUT2D eigenvalue weighted by molar-refractivity contribution is 6.46. The first-order valence-corrected chi connectivity index (χ1v) is 12.7. The lowest BCUT2D eigenvalue weighted by molar-refractivity contribution is -0.140. The number of aliphatic hydroxyl groups excluding tert-OH is 1. The number of ketones is 1. The number of amides is 1. The fourth-order valence-corrected chi connectivity index (χ4v) is 4.41. The number of likely N-dealkylation sites (tertiary alicyclic amines) is 1. The van der Waals surface area contributed by atoms with E-state index in [4.69, 9.17) is 4.74 Å². The van der Waals surface area contributed by atoms with Gasteiger partial charge in [-0.2, -0.15) is 0 Å². The van der Waals surface area contributed by atoms with E-state index in [-0.39, 0.29) is 11.3 Å². The van der Waals surface area contributed by atoms with Crippen molar-refractivity contribution in [1.82, 2.24) is 9.80 Å². The molecule has 0 aliphatic carbocycles. The van der Waals surface area contributed by atoms with E-state index >= 15 is 0 Å². The Morgan fingerprint density at radius 1 is 0.971 bits per heavy atom. The van der Waals surface area contributed by atoms with Gasteiger partial charge in [0.15, 0.2) is 0 Å². The first kappa shape index (κ1) is 26.5. The van der Waals surface area contributed by atoms with Crippen molar-refractivity contribution < 1.29 is 19.4 Å². The average molecular weight is 479 g/mol. The summed E-state index contributed by atoms with van der Waals surface area (Å²) in [5.41, 5.74) is 2.50. The molecule has 1 amide bonds. The first-order chi connectivity index (χ1) is 16.9. The molecule has 1 saturated heterocycles. The summed E-state index contributed by atoms with van der Waals surface area (Å²) in [4.78, 5) is 30.2. The molecule has 1 aliphatic rings. The second-order valence-corrected chi connectivity index (χ2v) is 9.01. The lowest BCUT2D eigenvalue weighted by atomic mass is 9.95. The zero-order valence-electron chi connectivity index (χ0n) is 21.4. The molecule has 0 spiro atoms. The molecule has 3 rings (SSSR count). The summed E-state index contributed by atoms with van der Waals surface area (Å²) in [6.07, 6.45) is 2.78. The highest BCUT2D eigenvalue weighted by atomic mass is 16.5. The minimum absolute atomic E-state index is 0.136. The summed E-state index contributed by atoms with van der Waals surface area (Å²) in [7, 11) is 0. The van der Waals surface area contributed by atoms with Crippen LogP contribution in [0.5, 0.6) is 5.75 Å². The number of unbranched alkanes of at least 4 members (excludes halogenated alkanes) is 1. The van der Waals surface area contributed by atoms with Crippen LogP contribution in [0.2, 0.25) is 0 Å². The Kier molecular flexibility index (Phi) is 9.49. The number of rotatable bonds is 12. The van der Waals surface area contributed by atoms with Gasteiger partial charge in [0, 0.05) is 12.1 Å². The van der Waals surface area contributed by atoms with Gasteiger partial charge in [-0.05, 0) is 57.1 Å². The van der Waals surface area contributed by atoms with Crippen LogP contribution in [0.1, 0.15) is 62.8 Å². The van der Waals surface area contributed by atoms with Crippen molar-refractivity contribution in [3.63, 3.8) is 0 Å². The van der Waals surface area contributed by atoms with Crippen molar-refractivity contribution in [2.75, 3.05) is 32.8 Å². The van der Waals surface area contributed by atoms with Crippen LogP contribution in [0.25, 0.3) is 5.76 Å². The van der Waals surface area contributed by atoms with Crippen LogP contribution in [-0.2, 0) is 9.59 Å². The van der Waals surface area contributed by atoms with Gasteiger partial charge in [0.2, 0.25) is 0 Å². The van der Waals surface area contributed by atoms with Gasteiger partial charge in [0.1, 0.15) is 11.5 Å². The number of nitrogens with zero attached hydrogens (tertiary/aromatic N) is 2. The van der Waals surface area contributed by atoms with Crippen LogP contribution in [0, 0.1) is 6.92 Å². The van der Waals surface area contributed by atoms with E-state index < -0.39 is 17.7 Å². The third-order valence-corrected chi connectivity index (χ3v) is 6.60. The van der Waals surface area contributed by atoms with Crippen LogP contribution >= 0.6 is 0 Å². The Bertz CT molecular complexity index is 1020. The molecule has 0 saturated carbocycles. The molecule has 6 nitrogen and oxygen atoms in total. The summed E-state index contributed by atoms with van der Waals surface area (Å²) in [6.45, 7) is 12.1. The van der Waals surface area contributed by atoms with Crippen LogP contribution in [0.15, 0.2) is 54.1 Å². The third kappa shape index (κ3) is 6.31. The van der Waals surface area contributed by atoms with E-state index in [2.05, 4.69) is 25.7 Å². The highest BCUT2D eigenvalue weighted by Gasteiger charge is 2.45. The summed E-state index contributed by atoms with van der Waals surface area (Å²) in [5, 5.41) is 11.2. The van der Waals surface area contributed by atoms with Gasteiger partial charge in [0.25, 0.3) is 11.7 Å². The lowest BCUT2D eigenvalue weighted by Crippen LogP contribution is -2.33. The molecule has 6 heteroatoms. The molecule has 2 aromatic carbocycles. The smallest absolute Gasteiger partial charge is 0.295 e. The number of aliphatic hydroxyl groups is 1. The quantitative estimate of drug-likeness (QED) is 0.193. The fraction of sp³-hybridized carbons (Fsp3) is 0.448. The van der Waals surface area contributed by atoms with Gasteiger partial charge in [-0.1, -0.05) is 69.2 Å². The van der Waals surface area contributed by atoms with Crippen molar-refractivity contribution in [3.8, 4) is 5.75 Å². The molecule has 1 N–H and O–H groups in total. The minimum atomic E-state index is -0.641. The highest BCUT2D eigenvalue weighted by Crippen LogP contribution is 2.40. The normalized spacial score (nSPS) is 17.4. The zero-order chi connectivity index (χ0) is 25.4. The van der Waals surface area contributed by atoms with Crippen LogP contribution in [-0.4, -0.2) is 59.4 Å². The predicted molar refractivity (Wildman–Crippen MR) is 139 cm³/mol. The molecule has 1 heterocycles. The van der Waals surface area contributed by atoms with E-state index in [9.17, 15) is 14.7 Å². The Balaban J connectivity index is 1.96. The van der Waals surface area contributed by atoms with Gasteiger partial charge in [-0.25, -0.2) is 0 Å². The lowest BCUT2D eigenvalue weighted by Gasteiger charge is -2.27. The molecule has 35 heavy (non-hydrogen) atoms. The van der Waals surface area contributed by atoms with Crippen molar-refractivity contribution in [1.29, 1.82) is 0 Å². The number of hydrogen-bond acceptors (Lipinski definition) is 5. The standard InChI is InChI=1S/C29H38N2O4/c1-5-8-20-35-24-16-14-22(15-17-24)26-25(27(32)23-12-10-21(4)11-13-23)28(33)29(34)31(26)19-9-18-30(6-2)7-3/h10-17,26,32H,5-9,18-20H2,1-4H3/b27-25+. The molecule has 1 fully saturated rings. The maximum absolute atomic E-state index is 13.2. The summed E-state index contributed by atoms with van der Waals surface area (Å²) < 4.78 is 5.79. The number of Topliss-reactive ketones (excluding diaryl/α,β-unsaturated/α-hetero) is 1. The average Bonchev–Trinajstić information content (AvgIpc) is 3.12. The fourth-order valence-electron chi connectivity index (χ4n) is 4.41. The number of aryl methyl sites for hydroxylation is 1. The van der Waals surface area contributed by atoms with Crippen LogP contribution < -0.4 is 4.74 Å². The largest absolute Gasteiger partial charge is 0.507 e. The van der Waals surface area contributed by atoms with Gasteiger partial charge in [0.05, 0.1) is 18.2 Å². The summed E-state index contributed by atoms with van der Waals surface area (Å²) in [5.74, 6) is -0.590. The number of ether oxygens (including phenoxy) is 1. The van der Waals surface area contributed by atoms with Crippen molar-refractivity contribution in [2.24, 2.45) is 0 Å². The second-order valence-electron chi connectivity index (χ2n) is 9.01. The van der Waals surface area contributed by atoms with Crippen molar-refractivity contribution in [2.45, 2.75) is 53.0 Å². The second kappa shape index (κ2) is 12.5. The van der Waals surface area contributed by atoms with E-state index in [0.29, 0.717) is 18.7 Å². The van der Waals surface area contributed by atoms with Crippen LogP contribution in [0.3, 0.4) is 0 Å². The molecular weight excluding hydrogens is 440 g/mol. The number of hydrogen-bond donors (Lipinski definition) is 1. The Morgan fingerprint density at radius 2 is 1.63 bits per heavy atom. The monoisotopic (exact) mass is 478 g/mol. The molecule has 2 aromatic rings. The van der Waals surface area contributed by atoms with Crippen molar-refractivity contribution in [3.05, 3.63) is 70.8 Å². The Labute approximate surface area is 209 Å². The maximum Gasteiger partial charge on any atom is 0.295 e. The van der Waals surface area contributed by atoms with Gasteiger partial charge >= 0.3 is 0 Å². The number of carbonyl (C=O) groups is 2. The molecule has 0 bridgehead atoms. The van der Waals surface area contributed by atoms with Gasteiger partial charge in [-0.15, -0.1) is 0 Å². The molecular formula is C29H38N2O4. The predicted octanol–water partition coefficient (Wildman–Crippen LogP) is 5.33. The summed E-state index contributed by atoms with van der Waals surface area (Å²) >= 11 is 0. The van der Waals surface area contributed by atoms with Crippen LogP contribution in [0.4, 0.5) is 0 Å². The van der Waals surface area contributed by atoms with E-state index in [1.165, 1.54) is 0 Å². The molecule has 1 atom stereocenters. The zero-order valence-corrected chi connectivity index (χ0v) is 21.4. The first-order valence-electron chi connectivity index (χ1n) is 12.7. The van der Waals surface area contributed by atoms with E-state index in [1.54, 1.807) is 17.0 Å². The molecule has 0 aromatic heterocycles. The number of benzene rings is 2. The Morgan fingerprint density at radius 3 is 2.23 bits per heavy atom. The molecule has 0 radical (unpaired) electrons. The summed E-state index contributed by atoms with van der Waals surface area (Å²) in [6, 6.07) is 14.2. The molecule has 188 valence electrons. The maximum atomic E-state index is 13.2. The van der Waals surface area contributed by atoms with E-state index in [1.807, 2.05) is 43.3 Å². The van der Waals surface area contributed by atoms with Gasteiger partial charge in [-0.3, -0.25) is 9.59 Å². The van der Waals surface area contributed by atoms with Gasteiger partial charge < -0.3 is 19.6 Å². The Hall–Kier alpha value is -3.12. The van der Waals surface area contributed by atoms with E-state index in [0.717, 1.165) is 55.8 Å². The third-order valence-electron chi connectivity index (χ3n) is 6.60.